The molecule has 27 heavy (non-hydrogen) atoms. The van der Waals surface area contributed by atoms with Gasteiger partial charge in [0.05, 0.1) is 13.2 Å². The molecule has 0 saturated carbocycles. The minimum Gasteiger partial charge on any atom is -0.497 e. The number of ether oxygens (including phenoxy) is 1. The summed E-state index contributed by atoms with van der Waals surface area (Å²) in [4.78, 5) is 2.54. The van der Waals surface area contributed by atoms with E-state index < -0.39 is 0 Å². The second kappa shape index (κ2) is 10.3. The predicted octanol–water partition coefficient (Wildman–Crippen LogP) is 3.54. The van der Waals surface area contributed by atoms with E-state index in [2.05, 4.69) is 51.9 Å². The quantitative estimate of drug-likeness (QED) is 0.682. The fraction of sp³-hybridized carbons (Fsp3) is 0.409. The third kappa shape index (κ3) is 5.94. The zero-order valence-corrected chi connectivity index (χ0v) is 16.8. The van der Waals surface area contributed by atoms with Gasteiger partial charge in [-0.2, -0.15) is 0 Å². The van der Waals surface area contributed by atoms with Crippen LogP contribution in [0.15, 0.2) is 54.6 Å². The third-order valence-corrected chi connectivity index (χ3v) is 5.37. The highest BCUT2D eigenvalue weighted by atomic mass is 32.1. The summed E-state index contributed by atoms with van der Waals surface area (Å²) >= 11 is 5.49. The highest BCUT2D eigenvalue weighted by molar-refractivity contribution is 7.80. The minimum absolute atomic E-state index is 0.326. The summed E-state index contributed by atoms with van der Waals surface area (Å²) in [6.45, 7) is 3.94. The van der Waals surface area contributed by atoms with E-state index in [1.807, 2.05) is 18.2 Å². The van der Waals surface area contributed by atoms with Gasteiger partial charge in [-0.15, -0.1) is 0 Å². The lowest BCUT2D eigenvalue weighted by Gasteiger charge is -2.29. The Morgan fingerprint density at radius 1 is 1.04 bits per heavy atom. The molecule has 1 aliphatic heterocycles. The van der Waals surface area contributed by atoms with E-state index in [0.717, 1.165) is 43.5 Å². The molecule has 2 aromatic rings. The molecule has 0 radical (unpaired) electrons. The average Bonchev–Trinajstić information content (AvgIpc) is 3.24. The first kappa shape index (κ1) is 19.6. The van der Waals surface area contributed by atoms with Gasteiger partial charge in [0.1, 0.15) is 5.75 Å². The lowest BCUT2D eigenvalue weighted by Crippen LogP contribution is -2.42. The first-order chi connectivity index (χ1) is 13.3. The van der Waals surface area contributed by atoms with Crippen molar-refractivity contribution in [3.05, 3.63) is 65.7 Å². The van der Waals surface area contributed by atoms with Gasteiger partial charge in [0.15, 0.2) is 5.11 Å². The Labute approximate surface area is 167 Å². The number of nitrogens with zero attached hydrogens (tertiary/aromatic N) is 1. The number of rotatable bonds is 8. The maximum atomic E-state index is 5.49. The number of likely N-dealkylation sites (tertiary alicyclic amines) is 1. The fourth-order valence-corrected chi connectivity index (χ4v) is 3.74. The largest absolute Gasteiger partial charge is 0.497 e. The highest BCUT2D eigenvalue weighted by Gasteiger charge is 2.23. The van der Waals surface area contributed by atoms with E-state index in [4.69, 9.17) is 17.0 Å². The van der Waals surface area contributed by atoms with E-state index in [9.17, 15) is 0 Å². The Balaban J connectivity index is 1.51. The zero-order valence-electron chi connectivity index (χ0n) is 16.0. The predicted molar refractivity (Wildman–Crippen MR) is 115 cm³/mol. The summed E-state index contributed by atoms with van der Waals surface area (Å²) in [6.07, 6.45) is 3.51. The summed E-state index contributed by atoms with van der Waals surface area (Å²) in [5, 5.41) is 7.47. The summed E-state index contributed by atoms with van der Waals surface area (Å²) < 4.78 is 5.29. The lowest BCUT2D eigenvalue weighted by molar-refractivity contribution is 0.245. The van der Waals surface area contributed by atoms with Gasteiger partial charge in [-0.25, -0.2) is 0 Å². The van der Waals surface area contributed by atoms with Crippen LogP contribution in [0.3, 0.4) is 0 Å². The van der Waals surface area contributed by atoms with Gasteiger partial charge in [0.25, 0.3) is 0 Å². The first-order valence-electron chi connectivity index (χ1n) is 9.70. The lowest BCUT2D eigenvalue weighted by atomic mass is 10.1. The van der Waals surface area contributed by atoms with Crippen molar-refractivity contribution in [1.82, 2.24) is 15.5 Å². The second-order valence-corrected chi connectivity index (χ2v) is 7.31. The molecule has 144 valence electrons. The molecular formula is C22H29N3OS. The molecule has 1 heterocycles. The molecule has 1 aliphatic rings. The molecular weight excluding hydrogens is 354 g/mol. The minimum atomic E-state index is 0.326. The van der Waals surface area contributed by atoms with Crippen molar-refractivity contribution >= 4 is 17.3 Å². The van der Waals surface area contributed by atoms with Crippen LogP contribution in [0, 0.1) is 0 Å². The van der Waals surface area contributed by atoms with Gasteiger partial charge >= 0.3 is 0 Å². The smallest absolute Gasteiger partial charge is 0.166 e. The topological polar surface area (TPSA) is 36.5 Å². The summed E-state index contributed by atoms with van der Waals surface area (Å²) in [7, 11) is 1.70. The maximum Gasteiger partial charge on any atom is 0.166 e. The van der Waals surface area contributed by atoms with Crippen molar-refractivity contribution in [2.45, 2.75) is 25.3 Å². The van der Waals surface area contributed by atoms with E-state index >= 15 is 0 Å². The Kier molecular flexibility index (Phi) is 7.48. The van der Waals surface area contributed by atoms with Crippen molar-refractivity contribution in [2.75, 3.05) is 33.3 Å². The molecule has 3 rings (SSSR count). The molecule has 0 aromatic heterocycles. The van der Waals surface area contributed by atoms with E-state index in [1.54, 1.807) is 7.11 Å². The van der Waals surface area contributed by atoms with Gasteiger partial charge in [0.2, 0.25) is 0 Å². The van der Waals surface area contributed by atoms with Gasteiger partial charge < -0.3 is 15.4 Å². The highest BCUT2D eigenvalue weighted by Crippen LogP contribution is 2.26. The molecule has 2 aromatic carbocycles. The van der Waals surface area contributed by atoms with E-state index in [0.29, 0.717) is 6.04 Å². The Morgan fingerprint density at radius 3 is 2.41 bits per heavy atom. The normalized spacial score (nSPS) is 15.3. The molecule has 0 spiro atoms. The number of benzene rings is 2. The fourth-order valence-electron chi connectivity index (χ4n) is 3.55. The van der Waals surface area contributed by atoms with E-state index in [-0.39, 0.29) is 0 Å². The van der Waals surface area contributed by atoms with Crippen molar-refractivity contribution in [3.63, 3.8) is 0 Å². The Hall–Kier alpha value is -2.11. The SMILES string of the molecule is COc1ccc([C@H](CNC(=S)NCCc2ccccc2)N2CCCC2)cc1. The standard InChI is InChI=1S/C22H29N3OS/c1-26-20-11-9-19(10-12-20)21(25-15-5-6-16-25)17-24-22(27)23-14-13-18-7-3-2-4-8-18/h2-4,7-12,21H,5-6,13-17H2,1H3,(H2,23,24,27)/t21-/m0/s1. The van der Waals surface area contributed by atoms with Gasteiger partial charge in [0, 0.05) is 13.1 Å². The molecule has 4 nitrogen and oxygen atoms in total. The van der Waals surface area contributed by atoms with Crippen LogP contribution in [0.1, 0.15) is 30.0 Å². The van der Waals surface area contributed by atoms with Crippen LogP contribution in [0.2, 0.25) is 0 Å². The number of hydrogen-bond acceptors (Lipinski definition) is 3. The van der Waals surface area contributed by atoms with Crippen LogP contribution >= 0.6 is 12.2 Å². The second-order valence-electron chi connectivity index (χ2n) is 6.90. The zero-order chi connectivity index (χ0) is 18.9. The van der Waals surface area contributed by atoms with Gasteiger partial charge in [-0.3, -0.25) is 4.90 Å². The molecule has 2 N–H and O–H groups in total. The number of thiocarbonyl (C=S) groups is 1. The molecule has 1 fully saturated rings. The maximum absolute atomic E-state index is 5.49. The summed E-state index contributed by atoms with van der Waals surface area (Å²) in [5.74, 6) is 0.894. The van der Waals surface area contributed by atoms with E-state index in [1.165, 1.54) is 24.0 Å². The summed E-state index contributed by atoms with van der Waals surface area (Å²) in [5.41, 5.74) is 2.62. The molecule has 1 saturated heterocycles. The third-order valence-electron chi connectivity index (χ3n) is 5.08. The van der Waals surface area contributed by atoms with Crippen LogP contribution in [-0.2, 0) is 6.42 Å². The van der Waals surface area contributed by atoms with Crippen LogP contribution in [0.25, 0.3) is 0 Å². The van der Waals surface area contributed by atoms with Crippen LogP contribution in [-0.4, -0.2) is 43.3 Å². The molecule has 0 amide bonds. The Bertz CT molecular complexity index is 699. The molecule has 0 aliphatic carbocycles. The van der Waals surface area contributed by atoms with Gasteiger partial charge in [-0.05, 0) is 67.8 Å². The molecule has 0 unspecified atom stereocenters. The monoisotopic (exact) mass is 383 g/mol. The molecule has 5 heteroatoms. The van der Waals surface area contributed by atoms with Crippen LogP contribution in [0.5, 0.6) is 5.75 Å². The first-order valence-corrected chi connectivity index (χ1v) is 10.1. The number of hydrogen-bond donors (Lipinski definition) is 2. The van der Waals surface area contributed by atoms with Crippen LogP contribution < -0.4 is 15.4 Å². The van der Waals surface area contributed by atoms with Gasteiger partial charge in [-0.1, -0.05) is 42.5 Å². The van der Waals surface area contributed by atoms with Crippen LogP contribution in [0.4, 0.5) is 0 Å². The van der Waals surface area contributed by atoms with Crippen molar-refractivity contribution in [1.29, 1.82) is 0 Å². The molecule has 1 atom stereocenters. The number of methoxy groups -OCH3 is 1. The Morgan fingerprint density at radius 2 is 1.74 bits per heavy atom. The van der Waals surface area contributed by atoms with Crippen molar-refractivity contribution < 1.29 is 4.74 Å². The average molecular weight is 384 g/mol. The van der Waals surface area contributed by atoms with Crippen molar-refractivity contribution in [3.8, 4) is 5.75 Å². The van der Waals surface area contributed by atoms with Crippen molar-refractivity contribution in [2.24, 2.45) is 0 Å². The number of nitrogens with one attached hydrogen (secondary N) is 2. The molecule has 0 bridgehead atoms. The summed E-state index contributed by atoms with van der Waals surface area (Å²) in [6, 6.07) is 19.2.